The molecule has 0 spiro atoms. The average molecular weight is 1280 g/mol. The summed E-state index contributed by atoms with van der Waals surface area (Å²) in [5, 5.41) is 23.9. The molecule has 448 valence electrons. The molecule has 0 saturated heterocycles. The van der Waals surface area contributed by atoms with Crippen LogP contribution < -0.4 is 26.6 Å². The topological polar surface area (TPSA) is 298 Å². The van der Waals surface area contributed by atoms with Crippen molar-refractivity contribution < 1.29 is 47.8 Å². The minimum atomic E-state index is -0.956. The van der Waals surface area contributed by atoms with Crippen molar-refractivity contribution in [1.29, 1.82) is 0 Å². The maximum Gasteiger partial charge on any atom is 0.305 e. The molecule has 28 heteroatoms. The molecule has 0 aliphatic carbocycles. The van der Waals surface area contributed by atoms with E-state index >= 15 is 0 Å². The van der Waals surface area contributed by atoms with E-state index in [1.165, 1.54) is 89.3 Å². The summed E-state index contributed by atoms with van der Waals surface area (Å²) in [5.74, 6) is -2.95. The zero-order valence-electron chi connectivity index (χ0n) is 47.8. The van der Waals surface area contributed by atoms with Gasteiger partial charge >= 0.3 is 5.97 Å². The number of fused-ring (bicyclic) bond motifs is 14. The van der Waals surface area contributed by atoms with Crippen LogP contribution in [0.15, 0.2) is 76.3 Å². The van der Waals surface area contributed by atoms with Crippen molar-refractivity contribution in [3.63, 3.8) is 0 Å². The zero-order valence-corrected chi connectivity index (χ0v) is 52.7. The van der Waals surface area contributed by atoms with E-state index in [4.69, 9.17) is 44.1 Å². The third kappa shape index (κ3) is 15.2. The van der Waals surface area contributed by atoms with Gasteiger partial charge in [0.25, 0.3) is 11.8 Å². The molecule has 22 nitrogen and oxygen atoms in total. The molecule has 9 rings (SSSR count). The summed E-state index contributed by atoms with van der Waals surface area (Å²) in [6, 6.07) is 11.0. The lowest BCUT2D eigenvalue weighted by atomic mass is 9.90. The number of hydrogen-bond acceptors (Lipinski definition) is 23. The van der Waals surface area contributed by atoms with Crippen LogP contribution in [0.4, 0.5) is 5.82 Å². The minimum absolute atomic E-state index is 0.0290. The number of ether oxygens (including phenoxy) is 3. The van der Waals surface area contributed by atoms with Crippen LogP contribution in [0.2, 0.25) is 0 Å². The van der Waals surface area contributed by atoms with E-state index in [1.807, 2.05) is 61.0 Å². The number of hydrogen-bond donors (Lipinski definition) is 5. The van der Waals surface area contributed by atoms with Gasteiger partial charge in [0.05, 0.1) is 54.1 Å². The second kappa shape index (κ2) is 28.6. The van der Waals surface area contributed by atoms with Crippen molar-refractivity contribution in [2.75, 3.05) is 33.1 Å². The van der Waals surface area contributed by atoms with Gasteiger partial charge in [-0.2, -0.15) is 0 Å². The quantitative estimate of drug-likeness (QED) is 0.0341. The third-order valence-electron chi connectivity index (χ3n) is 13.4. The number of aryl methyl sites for hydroxylation is 1. The maximum atomic E-state index is 14.4. The van der Waals surface area contributed by atoms with Crippen LogP contribution in [0.1, 0.15) is 145 Å². The number of nitrogens with one attached hydrogen (secondary N) is 5. The lowest BCUT2D eigenvalue weighted by Crippen LogP contribution is -2.41. The number of Topliss-reactive ketones (excluding diaryl/α,β-unsaturated/α-hetero) is 1. The van der Waals surface area contributed by atoms with Crippen LogP contribution >= 0.6 is 68.0 Å². The van der Waals surface area contributed by atoms with Crippen LogP contribution in [-0.4, -0.2) is 104 Å². The Balaban J connectivity index is 1.12. The molecule has 0 radical (unpaired) electrons. The van der Waals surface area contributed by atoms with Gasteiger partial charge in [-0.25, -0.2) is 34.9 Å². The van der Waals surface area contributed by atoms with Gasteiger partial charge in [0, 0.05) is 71.3 Å². The maximum absolute atomic E-state index is 14.4. The fraction of sp³-hybridized carbons (Fsp3) is 0.345. The largest absolute Gasteiger partial charge is 0.488 e. The standard InChI is InChI=1S/C58H60N12O10S6/c1-28(2)33-20-39(71)46-30(5)85-57(69-46)35(21-43(73)59-6)62-51(76)37-25-81-53(64-37)32-18-19-34(55-67-41(27-84-55)66-42(72)16-12-13-17-45(75)79-8)61-47(32)36-24-82-56(63-36)38-26-83-58(65-38)49(50(80-29(3)4)31-14-10-9-11-15-31)68-44(74)22-60-52(77)48-40(23-78-7)86-54(33)70-48/h9-11,14-15,18-19,24-28,33,35,49-50H,3,12-13,16-17,20-23H2,1-2,4-8H3,(H,59,73)(H,60,77)(H,62,76)(H,66,72)(H,68,74)/t33-,35+,49+,50+/m1/s1. The summed E-state index contributed by atoms with van der Waals surface area (Å²) in [4.78, 5) is 130. The summed E-state index contributed by atoms with van der Waals surface area (Å²) in [6.07, 6.45) is 0.316. The van der Waals surface area contributed by atoms with Gasteiger partial charge in [0.1, 0.15) is 77.2 Å². The third-order valence-corrected chi connectivity index (χ3v) is 19.2. The Morgan fingerprint density at radius 2 is 1.43 bits per heavy atom. The molecule has 5 N–H and O–H groups in total. The molecule has 86 heavy (non-hydrogen) atoms. The number of methoxy groups -OCH3 is 2. The van der Waals surface area contributed by atoms with Crippen LogP contribution in [0.3, 0.4) is 0 Å². The molecule has 4 atom stereocenters. The van der Waals surface area contributed by atoms with Gasteiger partial charge in [-0.05, 0) is 50.3 Å². The average Bonchev–Trinajstić information content (AvgIpc) is 2.42. The number of thiazole rings is 6. The number of carbonyl (C=O) groups excluding carboxylic acids is 7. The van der Waals surface area contributed by atoms with E-state index in [2.05, 4.69) is 38.1 Å². The van der Waals surface area contributed by atoms with Crippen molar-refractivity contribution in [3.8, 4) is 43.4 Å². The van der Waals surface area contributed by atoms with E-state index in [0.717, 1.165) is 5.56 Å². The molecule has 0 fully saturated rings. The number of unbranched alkanes of at least 4 members (excludes halogenated alkanes) is 1. The number of benzene rings is 1. The summed E-state index contributed by atoms with van der Waals surface area (Å²) in [6.45, 7) is 11.0. The smallest absolute Gasteiger partial charge is 0.305 e. The molecule has 8 heterocycles. The van der Waals surface area contributed by atoms with Gasteiger partial charge in [-0.1, -0.05) is 50.8 Å². The Kier molecular flexibility index (Phi) is 20.8. The van der Waals surface area contributed by atoms with Crippen LogP contribution in [0.25, 0.3) is 43.4 Å². The highest BCUT2D eigenvalue weighted by molar-refractivity contribution is 7.15. The van der Waals surface area contributed by atoms with Crippen LogP contribution in [0, 0.1) is 12.8 Å². The van der Waals surface area contributed by atoms with E-state index in [-0.39, 0.29) is 78.9 Å². The predicted octanol–water partition coefficient (Wildman–Crippen LogP) is 10.4. The number of pyridine rings is 1. The second-order valence-electron chi connectivity index (χ2n) is 20.1. The number of esters is 1. The summed E-state index contributed by atoms with van der Waals surface area (Å²) in [5.41, 5.74) is 3.28. The number of carbonyl (C=O) groups is 7. The Hall–Kier alpha value is -7.86. The number of nitrogens with zero attached hydrogens (tertiary/aromatic N) is 7. The lowest BCUT2D eigenvalue weighted by molar-refractivity contribution is -0.140. The highest BCUT2D eigenvalue weighted by Crippen LogP contribution is 2.42. The second-order valence-corrected chi connectivity index (χ2v) is 25.9. The Morgan fingerprint density at radius 3 is 2.17 bits per heavy atom. The molecule has 1 aromatic carbocycles. The van der Waals surface area contributed by atoms with Crippen LogP contribution in [-0.2, 0) is 40.0 Å². The lowest BCUT2D eigenvalue weighted by Gasteiger charge is -2.28. The summed E-state index contributed by atoms with van der Waals surface area (Å²) < 4.78 is 16.6. The minimum Gasteiger partial charge on any atom is -0.488 e. The number of rotatable bonds is 16. The predicted molar refractivity (Wildman–Crippen MR) is 331 cm³/mol. The van der Waals surface area contributed by atoms with Crippen molar-refractivity contribution >= 4 is 115 Å². The van der Waals surface area contributed by atoms with E-state index in [9.17, 15) is 33.6 Å². The molecule has 0 unspecified atom stereocenters. The normalized spacial score (nSPS) is 16.1. The van der Waals surface area contributed by atoms with E-state index < -0.39 is 48.4 Å². The van der Waals surface area contributed by atoms with Crippen molar-refractivity contribution in [2.45, 2.75) is 96.9 Å². The van der Waals surface area contributed by atoms with Gasteiger partial charge in [0.2, 0.25) is 17.7 Å². The van der Waals surface area contributed by atoms with Crippen molar-refractivity contribution in [3.05, 3.63) is 124 Å². The number of ketones is 1. The summed E-state index contributed by atoms with van der Waals surface area (Å²) in [7, 11) is 4.31. The monoisotopic (exact) mass is 1280 g/mol. The molecule has 1 aliphatic heterocycles. The molecule has 10 bridgehead atoms. The zero-order chi connectivity index (χ0) is 61.2. The Morgan fingerprint density at radius 1 is 0.721 bits per heavy atom. The molecular formula is C58H60N12O10S6. The fourth-order valence-electron chi connectivity index (χ4n) is 9.10. The molecule has 8 aromatic rings. The number of allylic oxidation sites excluding steroid dienone is 1. The van der Waals surface area contributed by atoms with Gasteiger partial charge < -0.3 is 40.8 Å². The van der Waals surface area contributed by atoms with E-state index in [0.29, 0.717) is 92.6 Å². The number of anilines is 1. The Labute approximate surface area is 518 Å². The number of amides is 5. The molecule has 1 aliphatic rings. The van der Waals surface area contributed by atoms with Gasteiger partial charge in [0.15, 0.2) is 5.78 Å². The molecule has 5 amide bonds. The van der Waals surface area contributed by atoms with E-state index in [1.54, 1.807) is 30.7 Å². The first-order chi connectivity index (χ1) is 41.4. The first-order valence-electron chi connectivity index (χ1n) is 27.1. The molecule has 0 saturated carbocycles. The number of aromatic nitrogens is 7. The highest BCUT2D eigenvalue weighted by atomic mass is 32.1. The molecular weight excluding hydrogens is 1220 g/mol. The first-order valence-corrected chi connectivity index (χ1v) is 32.2. The van der Waals surface area contributed by atoms with Crippen molar-refractivity contribution in [2.24, 2.45) is 5.92 Å². The fourth-order valence-corrected chi connectivity index (χ4v) is 14.7. The van der Waals surface area contributed by atoms with Crippen LogP contribution in [0.5, 0.6) is 0 Å². The van der Waals surface area contributed by atoms with Crippen molar-refractivity contribution in [1.82, 2.24) is 56.2 Å². The molecule has 7 aromatic heterocycles. The highest BCUT2D eigenvalue weighted by Gasteiger charge is 2.34. The van der Waals surface area contributed by atoms with Gasteiger partial charge in [-0.15, -0.1) is 68.0 Å². The van der Waals surface area contributed by atoms with Gasteiger partial charge in [-0.3, -0.25) is 33.6 Å². The first kappa shape index (κ1) is 62.7. The Bertz CT molecular complexity index is 3810. The SMILES string of the molecule is C=C(C)O[C@@H](c1ccccc1)[C@@H]1NC(=O)CNC(=O)c2nc(sc2COC)[C@@H](C(C)C)CC(=O)c2nc(sc2C)[C@H](CC(=O)NC)NC(=O)c2csc(n2)-c2ccc(-c3nc(NC(=O)CCCCC(=O)OC)cs3)nc2-c2csc(n2)-c2csc1n2. The summed E-state index contributed by atoms with van der Waals surface area (Å²) >= 11 is 7.47.